The zero-order chi connectivity index (χ0) is 17.2. The Morgan fingerprint density at radius 1 is 1.00 bits per heavy atom. The maximum absolute atomic E-state index is 12.9. The summed E-state index contributed by atoms with van der Waals surface area (Å²) in [5.41, 5.74) is 2.42. The van der Waals surface area contributed by atoms with E-state index in [1.807, 2.05) is 6.08 Å². The summed E-state index contributed by atoms with van der Waals surface area (Å²) in [5.74, 6) is 0.564. The van der Waals surface area contributed by atoms with Crippen LogP contribution in [0.2, 0.25) is 0 Å². The molecule has 4 rings (SSSR count). The maximum Gasteiger partial charge on any atom is 0.226 e. The summed E-state index contributed by atoms with van der Waals surface area (Å²) in [7, 11) is 0. The fraction of sp³-hybridized carbons (Fsp3) is 0.435. The number of likely N-dealkylation sites (tertiary alicyclic amines) is 1. The SMILES string of the molecule is C=Cc1ccc2ccc(CC3CCN(C4CCCCC4)C3=O)cc2c1. The lowest BCUT2D eigenvalue weighted by Gasteiger charge is -2.31. The normalized spacial score (nSPS) is 21.8. The van der Waals surface area contributed by atoms with Gasteiger partial charge in [-0.2, -0.15) is 0 Å². The number of nitrogens with zero attached hydrogens (tertiary/aromatic N) is 1. The van der Waals surface area contributed by atoms with Gasteiger partial charge < -0.3 is 4.90 Å². The number of benzene rings is 2. The van der Waals surface area contributed by atoms with E-state index in [0.29, 0.717) is 11.9 Å². The molecule has 0 bridgehead atoms. The maximum atomic E-state index is 12.9. The molecule has 1 amide bonds. The Labute approximate surface area is 150 Å². The van der Waals surface area contributed by atoms with E-state index in [-0.39, 0.29) is 5.92 Å². The first kappa shape index (κ1) is 16.4. The van der Waals surface area contributed by atoms with Crippen molar-refractivity contribution in [3.8, 4) is 0 Å². The van der Waals surface area contributed by atoms with Crippen molar-refractivity contribution in [3.05, 3.63) is 54.1 Å². The second-order valence-corrected chi connectivity index (χ2v) is 7.66. The van der Waals surface area contributed by atoms with Crippen molar-refractivity contribution in [1.82, 2.24) is 4.90 Å². The zero-order valence-corrected chi connectivity index (χ0v) is 14.9. The smallest absolute Gasteiger partial charge is 0.226 e. The lowest BCUT2D eigenvalue weighted by molar-refractivity contribution is -0.133. The van der Waals surface area contributed by atoms with E-state index in [0.717, 1.165) is 24.9 Å². The number of hydrogen-bond acceptors (Lipinski definition) is 1. The van der Waals surface area contributed by atoms with Gasteiger partial charge in [0.1, 0.15) is 0 Å². The van der Waals surface area contributed by atoms with Crippen LogP contribution < -0.4 is 0 Å². The Hall–Kier alpha value is -2.09. The molecule has 1 atom stereocenters. The lowest BCUT2D eigenvalue weighted by Crippen LogP contribution is -2.39. The quantitative estimate of drug-likeness (QED) is 0.752. The molecule has 130 valence electrons. The van der Waals surface area contributed by atoms with Crippen LogP contribution in [0.5, 0.6) is 0 Å². The number of fused-ring (bicyclic) bond motifs is 1. The van der Waals surface area contributed by atoms with E-state index in [4.69, 9.17) is 0 Å². The van der Waals surface area contributed by atoms with Gasteiger partial charge >= 0.3 is 0 Å². The van der Waals surface area contributed by atoms with Gasteiger partial charge in [0.25, 0.3) is 0 Å². The Balaban J connectivity index is 1.49. The van der Waals surface area contributed by atoms with Gasteiger partial charge in [-0.05, 0) is 53.6 Å². The molecule has 0 N–H and O–H groups in total. The van der Waals surface area contributed by atoms with E-state index in [1.54, 1.807) is 0 Å². The number of rotatable bonds is 4. The number of carbonyl (C=O) groups excluding carboxylic acids is 1. The van der Waals surface area contributed by atoms with Crippen LogP contribution in [0.3, 0.4) is 0 Å². The molecule has 2 nitrogen and oxygen atoms in total. The van der Waals surface area contributed by atoms with Crippen molar-refractivity contribution in [3.63, 3.8) is 0 Å². The number of hydrogen-bond donors (Lipinski definition) is 0. The predicted octanol–water partition coefficient (Wildman–Crippen LogP) is 5.21. The van der Waals surface area contributed by atoms with Gasteiger partial charge in [0.15, 0.2) is 0 Å². The van der Waals surface area contributed by atoms with Gasteiger partial charge in [-0.15, -0.1) is 0 Å². The van der Waals surface area contributed by atoms with Gasteiger partial charge in [-0.25, -0.2) is 0 Å². The van der Waals surface area contributed by atoms with Crippen molar-refractivity contribution in [2.24, 2.45) is 5.92 Å². The lowest BCUT2D eigenvalue weighted by atomic mass is 9.93. The molecule has 1 aliphatic carbocycles. The minimum atomic E-state index is 0.168. The van der Waals surface area contributed by atoms with Crippen molar-refractivity contribution >= 4 is 22.8 Å². The molecule has 0 aromatic heterocycles. The van der Waals surface area contributed by atoms with Crippen LogP contribution in [-0.2, 0) is 11.2 Å². The molecular weight excluding hydrogens is 306 g/mol. The molecule has 2 aliphatic rings. The minimum absolute atomic E-state index is 0.168. The molecule has 0 spiro atoms. The summed E-state index contributed by atoms with van der Waals surface area (Å²) in [6.07, 6.45) is 10.1. The topological polar surface area (TPSA) is 20.3 Å². The van der Waals surface area contributed by atoms with Crippen LogP contribution in [0, 0.1) is 5.92 Å². The summed E-state index contributed by atoms with van der Waals surface area (Å²) < 4.78 is 0. The van der Waals surface area contributed by atoms with Crippen molar-refractivity contribution < 1.29 is 4.79 Å². The van der Waals surface area contributed by atoms with Crippen molar-refractivity contribution in [1.29, 1.82) is 0 Å². The highest BCUT2D eigenvalue weighted by Gasteiger charge is 2.35. The average Bonchev–Trinajstić information content (AvgIpc) is 3.02. The molecule has 2 aromatic rings. The molecule has 25 heavy (non-hydrogen) atoms. The van der Waals surface area contributed by atoms with E-state index >= 15 is 0 Å². The summed E-state index contributed by atoms with van der Waals surface area (Å²) in [4.78, 5) is 15.1. The van der Waals surface area contributed by atoms with E-state index in [2.05, 4.69) is 47.9 Å². The first-order valence-corrected chi connectivity index (χ1v) is 9.70. The summed E-state index contributed by atoms with van der Waals surface area (Å²) >= 11 is 0. The molecule has 2 heteroatoms. The molecule has 1 saturated heterocycles. The predicted molar refractivity (Wildman–Crippen MR) is 104 cm³/mol. The van der Waals surface area contributed by atoms with Crippen molar-refractivity contribution in [2.75, 3.05) is 6.54 Å². The summed E-state index contributed by atoms with van der Waals surface area (Å²) in [6, 6.07) is 13.5. The molecule has 1 saturated carbocycles. The average molecular weight is 333 g/mol. The summed E-state index contributed by atoms with van der Waals surface area (Å²) in [6.45, 7) is 4.82. The highest BCUT2D eigenvalue weighted by Crippen LogP contribution is 2.31. The van der Waals surface area contributed by atoms with E-state index in [1.165, 1.54) is 48.4 Å². The monoisotopic (exact) mass is 333 g/mol. The van der Waals surface area contributed by atoms with Gasteiger partial charge in [0, 0.05) is 18.5 Å². The first-order valence-electron chi connectivity index (χ1n) is 9.70. The van der Waals surface area contributed by atoms with E-state index < -0.39 is 0 Å². The van der Waals surface area contributed by atoms with Crippen LogP contribution in [0.25, 0.3) is 16.8 Å². The van der Waals surface area contributed by atoms with Gasteiger partial charge in [-0.1, -0.05) is 62.2 Å². The standard InChI is InChI=1S/C23H27NO/c1-2-17-8-10-19-11-9-18(16-21(19)14-17)15-20-12-13-24(23(20)25)22-6-4-3-5-7-22/h2,8-11,14,16,20,22H,1,3-7,12-13,15H2. The van der Waals surface area contributed by atoms with Crippen molar-refractivity contribution in [2.45, 2.75) is 51.0 Å². The summed E-state index contributed by atoms with van der Waals surface area (Å²) in [5, 5.41) is 2.49. The Kier molecular flexibility index (Phi) is 4.61. The fourth-order valence-corrected chi connectivity index (χ4v) is 4.56. The molecule has 0 radical (unpaired) electrons. The molecule has 1 unspecified atom stereocenters. The zero-order valence-electron chi connectivity index (χ0n) is 14.9. The third kappa shape index (κ3) is 3.35. The molecular formula is C23H27NO. The van der Waals surface area contributed by atoms with Gasteiger partial charge in [0.05, 0.1) is 0 Å². The second kappa shape index (κ2) is 7.03. The minimum Gasteiger partial charge on any atom is -0.339 e. The largest absolute Gasteiger partial charge is 0.339 e. The molecule has 2 aromatic carbocycles. The number of carbonyl (C=O) groups is 1. The Bertz CT molecular complexity index is 788. The molecule has 1 heterocycles. The Morgan fingerprint density at radius 3 is 2.60 bits per heavy atom. The molecule has 1 aliphatic heterocycles. The highest BCUT2D eigenvalue weighted by atomic mass is 16.2. The van der Waals surface area contributed by atoms with Crippen LogP contribution in [0.15, 0.2) is 43.0 Å². The van der Waals surface area contributed by atoms with Crippen LogP contribution in [-0.4, -0.2) is 23.4 Å². The van der Waals surface area contributed by atoms with E-state index in [9.17, 15) is 4.79 Å². The van der Waals surface area contributed by atoms with Gasteiger partial charge in [-0.3, -0.25) is 4.79 Å². The van der Waals surface area contributed by atoms with Crippen LogP contribution in [0.4, 0.5) is 0 Å². The second-order valence-electron chi connectivity index (χ2n) is 7.66. The number of amides is 1. The highest BCUT2D eigenvalue weighted by molar-refractivity contribution is 5.86. The van der Waals surface area contributed by atoms with Crippen LogP contribution >= 0.6 is 0 Å². The van der Waals surface area contributed by atoms with Crippen LogP contribution in [0.1, 0.15) is 49.7 Å². The molecule has 2 fully saturated rings. The van der Waals surface area contributed by atoms with Gasteiger partial charge in [0.2, 0.25) is 5.91 Å². The third-order valence-corrected chi connectivity index (χ3v) is 6.01. The Morgan fingerprint density at radius 2 is 1.80 bits per heavy atom. The fourth-order valence-electron chi connectivity index (χ4n) is 4.56. The third-order valence-electron chi connectivity index (χ3n) is 6.01. The first-order chi connectivity index (χ1) is 12.2.